The summed E-state index contributed by atoms with van der Waals surface area (Å²) in [5.41, 5.74) is 8.80. The van der Waals surface area contributed by atoms with Crippen molar-refractivity contribution in [1.82, 2.24) is 4.98 Å². The molecular weight excluding hydrogens is 408 g/mol. The van der Waals surface area contributed by atoms with Gasteiger partial charge in [-0.2, -0.15) is 0 Å². The van der Waals surface area contributed by atoms with Crippen molar-refractivity contribution in [3.05, 3.63) is 89.2 Å². The van der Waals surface area contributed by atoms with Gasteiger partial charge in [0.2, 0.25) is 0 Å². The third kappa shape index (κ3) is 3.63. The Kier molecular flexibility index (Phi) is 5.86. The van der Waals surface area contributed by atoms with Crippen LogP contribution in [0.4, 0.5) is 0 Å². The SMILES string of the molecule is CC(C)(C)[Si](OC[C@@H]1Cc2c(ccnc2Cl)[C@H]1N)(c1ccccc1)c1ccccc1. The molecule has 30 heavy (non-hydrogen) atoms. The van der Waals surface area contributed by atoms with Crippen LogP contribution in [0.3, 0.4) is 0 Å². The quantitative estimate of drug-likeness (QED) is 0.473. The first kappa shape index (κ1) is 21.3. The van der Waals surface area contributed by atoms with E-state index in [1.54, 1.807) is 6.20 Å². The standard InChI is InChI=1S/C25H29ClN2OSi/c1-25(2,3)30(19-10-6-4-7-11-19,20-12-8-5-9-13-20)29-17-18-16-22-21(23(18)27)14-15-28-24(22)26/h4-15,18,23H,16-17,27H2,1-3H3/t18-,23-/m0/s1. The van der Waals surface area contributed by atoms with Crippen molar-refractivity contribution in [1.29, 1.82) is 0 Å². The van der Waals surface area contributed by atoms with Crippen molar-refractivity contribution in [2.45, 2.75) is 38.3 Å². The predicted octanol–water partition coefficient (Wildman–Crippen LogP) is 4.48. The van der Waals surface area contributed by atoms with Gasteiger partial charge in [-0.15, -0.1) is 0 Å². The highest BCUT2D eigenvalue weighted by atomic mass is 35.5. The van der Waals surface area contributed by atoms with Crippen LogP contribution in [0.5, 0.6) is 0 Å². The number of rotatable bonds is 5. The number of hydrogen-bond donors (Lipinski definition) is 1. The summed E-state index contributed by atoms with van der Waals surface area (Å²) in [6, 6.07) is 23.3. The second-order valence-corrected chi connectivity index (χ2v) is 13.8. The average molecular weight is 437 g/mol. The maximum absolute atomic E-state index is 7.09. The first-order valence-corrected chi connectivity index (χ1v) is 12.8. The molecule has 0 saturated heterocycles. The smallest absolute Gasteiger partial charge is 0.261 e. The van der Waals surface area contributed by atoms with Crippen molar-refractivity contribution < 1.29 is 4.43 Å². The topological polar surface area (TPSA) is 48.1 Å². The summed E-state index contributed by atoms with van der Waals surface area (Å²) < 4.78 is 7.09. The van der Waals surface area contributed by atoms with Crippen molar-refractivity contribution in [2.24, 2.45) is 11.7 Å². The molecule has 1 heterocycles. The molecular formula is C25H29ClN2OSi. The first-order chi connectivity index (χ1) is 14.3. The van der Waals surface area contributed by atoms with Crippen LogP contribution < -0.4 is 16.1 Å². The molecule has 0 bridgehead atoms. The number of aromatic nitrogens is 1. The number of pyridine rings is 1. The van der Waals surface area contributed by atoms with Crippen LogP contribution in [0.25, 0.3) is 0 Å². The molecule has 3 nitrogen and oxygen atoms in total. The molecule has 1 aliphatic carbocycles. The first-order valence-electron chi connectivity index (χ1n) is 10.5. The minimum absolute atomic E-state index is 0.0511. The van der Waals surface area contributed by atoms with Gasteiger partial charge in [-0.3, -0.25) is 0 Å². The zero-order valence-electron chi connectivity index (χ0n) is 17.8. The molecule has 0 spiro atoms. The van der Waals surface area contributed by atoms with E-state index in [9.17, 15) is 0 Å². The Hall–Kier alpha value is -1.98. The lowest BCUT2D eigenvalue weighted by atomic mass is 10.0. The number of halogens is 1. The lowest BCUT2D eigenvalue weighted by Gasteiger charge is -2.43. The summed E-state index contributed by atoms with van der Waals surface area (Å²) in [4.78, 5) is 4.24. The van der Waals surface area contributed by atoms with Gasteiger partial charge in [0, 0.05) is 24.8 Å². The second kappa shape index (κ2) is 8.27. The molecule has 2 aromatic carbocycles. The summed E-state index contributed by atoms with van der Waals surface area (Å²) in [7, 11) is -2.57. The second-order valence-electron chi connectivity index (χ2n) is 9.13. The van der Waals surface area contributed by atoms with Crippen molar-refractivity contribution >= 4 is 30.3 Å². The Morgan fingerprint density at radius 3 is 2.07 bits per heavy atom. The Labute approximate surface area is 185 Å². The monoisotopic (exact) mass is 436 g/mol. The molecule has 0 fully saturated rings. The largest absolute Gasteiger partial charge is 0.407 e. The number of hydrogen-bond acceptors (Lipinski definition) is 3. The van der Waals surface area contributed by atoms with Gasteiger partial charge in [-0.25, -0.2) is 4.98 Å². The maximum atomic E-state index is 7.09. The summed E-state index contributed by atoms with van der Waals surface area (Å²) >= 11 is 6.36. The molecule has 4 rings (SSSR count). The van der Waals surface area contributed by atoms with Crippen molar-refractivity contribution in [3.63, 3.8) is 0 Å². The number of benzene rings is 2. The Morgan fingerprint density at radius 2 is 1.57 bits per heavy atom. The van der Waals surface area contributed by atoms with Gasteiger partial charge in [0.1, 0.15) is 5.15 Å². The number of fused-ring (bicyclic) bond motifs is 1. The van der Waals surface area contributed by atoms with Gasteiger partial charge in [0.05, 0.1) is 0 Å². The van der Waals surface area contributed by atoms with Crippen molar-refractivity contribution in [2.75, 3.05) is 6.61 Å². The number of nitrogens with two attached hydrogens (primary N) is 1. The average Bonchev–Trinajstić information content (AvgIpc) is 3.06. The molecule has 2 atom stereocenters. The Morgan fingerprint density at radius 1 is 1.00 bits per heavy atom. The molecule has 5 heteroatoms. The van der Waals surface area contributed by atoms with Gasteiger partial charge in [0.15, 0.2) is 0 Å². The lowest BCUT2D eigenvalue weighted by molar-refractivity contribution is 0.222. The van der Waals surface area contributed by atoms with Crippen LogP contribution in [0.1, 0.15) is 37.9 Å². The Balaban J connectivity index is 1.72. The summed E-state index contributed by atoms with van der Waals surface area (Å²) in [6.07, 6.45) is 2.55. The highest BCUT2D eigenvalue weighted by Gasteiger charge is 2.50. The third-order valence-electron chi connectivity index (χ3n) is 6.30. The summed E-state index contributed by atoms with van der Waals surface area (Å²) in [6.45, 7) is 7.48. The van der Waals surface area contributed by atoms with Crippen LogP contribution >= 0.6 is 11.6 Å². The van der Waals surface area contributed by atoms with E-state index in [1.165, 1.54) is 10.4 Å². The van der Waals surface area contributed by atoms with Crippen LogP contribution in [-0.2, 0) is 10.8 Å². The zero-order valence-corrected chi connectivity index (χ0v) is 19.6. The number of nitrogens with zero attached hydrogens (tertiary/aromatic N) is 1. The third-order valence-corrected chi connectivity index (χ3v) is 11.6. The Bertz CT molecular complexity index is 965. The van der Waals surface area contributed by atoms with Crippen LogP contribution in [-0.4, -0.2) is 19.9 Å². The normalized spacial score (nSPS) is 19.0. The van der Waals surface area contributed by atoms with Crippen LogP contribution in [0, 0.1) is 5.92 Å². The molecule has 1 aromatic heterocycles. The molecule has 0 saturated carbocycles. The molecule has 156 valence electrons. The lowest BCUT2D eigenvalue weighted by Crippen LogP contribution is -2.67. The molecule has 0 unspecified atom stereocenters. The van der Waals surface area contributed by atoms with E-state index in [0.717, 1.165) is 17.5 Å². The van der Waals surface area contributed by atoms with E-state index >= 15 is 0 Å². The minimum Gasteiger partial charge on any atom is -0.407 e. The zero-order chi connectivity index (χ0) is 21.4. The van der Waals surface area contributed by atoms with E-state index in [-0.39, 0.29) is 17.0 Å². The van der Waals surface area contributed by atoms with Crippen LogP contribution in [0.2, 0.25) is 10.2 Å². The fourth-order valence-electron chi connectivity index (χ4n) is 4.79. The molecule has 0 amide bonds. The summed E-state index contributed by atoms with van der Waals surface area (Å²) in [5.74, 6) is 0.184. The minimum atomic E-state index is -2.57. The molecule has 3 aromatic rings. The van der Waals surface area contributed by atoms with Gasteiger partial charge in [0.25, 0.3) is 8.32 Å². The fourth-order valence-corrected chi connectivity index (χ4v) is 9.66. The van der Waals surface area contributed by atoms with E-state index in [0.29, 0.717) is 11.8 Å². The van der Waals surface area contributed by atoms with E-state index < -0.39 is 8.32 Å². The van der Waals surface area contributed by atoms with Crippen LogP contribution in [0.15, 0.2) is 72.9 Å². The van der Waals surface area contributed by atoms with E-state index in [2.05, 4.69) is 86.4 Å². The van der Waals surface area contributed by atoms with Crippen molar-refractivity contribution in [3.8, 4) is 0 Å². The molecule has 0 aliphatic heterocycles. The highest BCUT2D eigenvalue weighted by molar-refractivity contribution is 6.99. The molecule has 0 radical (unpaired) electrons. The van der Waals surface area contributed by atoms with E-state index in [4.69, 9.17) is 21.8 Å². The predicted molar refractivity (Wildman–Crippen MR) is 127 cm³/mol. The van der Waals surface area contributed by atoms with Gasteiger partial charge in [-0.1, -0.05) is 93.0 Å². The van der Waals surface area contributed by atoms with Gasteiger partial charge >= 0.3 is 0 Å². The molecule has 2 N–H and O–H groups in total. The van der Waals surface area contributed by atoms with Gasteiger partial charge < -0.3 is 10.2 Å². The summed E-state index contributed by atoms with van der Waals surface area (Å²) in [5, 5.41) is 3.08. The fraction of sp³-hybridized carbons (Fsp3) is 0.320. The van der Waals surface area contributed by atoms with E-state index in [1.807, 2.05) is 6.07 Å². The highest BCUT2D eigenvalue weighted by Crippen LogP contribution is 2.41. The van der Waals surface area contributed by atoms with Gasteiger partial charge in [-0.05, 0) is 39.0 Å². The molecule has 1 aliphatic rings. The maximum Gasteiger partial charge on any atom is 0.261 e.